The molecule has 0 aromatic heterocycles. The predicted molar refractivity (Wildman–Crippen MR) is 97.8 cm³/mol. The van der Waals surface area contributed by atoms with Gasteiger partial charge < -0.3 is 19.7 Å². The Labute approximate surface area is 154 Å². The largest absolute Gasteiger partial charge is 0.484 e. The van der Waals surface area contributed by atoms with Crippen LogP contribution in [0.1, 0.15) is 25.7 Å². The maximum Gasteiger partial charge on any atom is 0.257 e. The van der Waals surface area contributed by atoms with Crippen LogP contribution in [0.2, 0.25) is 0 Å². The lowest BCUT2D eigenvalue weighted by molar-refractivity contribution is -0.140. The summed E-state index contributed by atoms with van der Waals surface area (Å²) in [5.41, 5.74) is 0. The van der Waals surface area contributed by atoms with Crippen molar-refractivity contribution in [3.05, 3.63) is 30.3 Å². The number of carbonyl (C=O) groups is 2. The Morgan fingerprint density at radius 3 is 2.69 bits per heavy atom. The van der Waals surface area contributed by atoms with Crippen LogP contribution < -0.4 is 10.1 Å². The van der Waals surface area contributed by atoms with Crippen molar-refractivity contribution in [1.82, 2.24) is 10.2 Å². The van der Waals surface area contributed by atoms with Gasteiger partial charge in [0.1, 0.15) is 5.75 Å². The molecular weight excluding hydrogens is 332 g/mol. The first-order valence-corrected chi connectivity index (χ1v) is 9.53. The lowest BCUT2D eigenvalue weighted by atomic mass is 9.94. The van der Waals surface area contributed by atoms with E-state index in [-0.39, 0.29) is 24.3 Å². The maximum absolute atomic E-state index is 12.7. The van der Waals surface area contributed by atoms with Crippen molar-refractivity contribution in [1.29, 1.82) is 0 Å². The van der Waals surface area contributed by atoms with Crippen molar-refractivity contribution < 1.29 is 19.1 Å². The number of hydrogen-bond acceptors (Lipinski definition) is 4. The summed E-state index contributed by atoms with van der Waals surface area (Å²) in [4.78, 5) is 26.6. The van der Waals surface area contributed by atoms with Gasteiger partial charge in [-0.25, -0.2) is 0 Å². The van der Waals surface area contributed by atoms with E-state index in [0.29, 0.717) is 31.4 Å². The van der Waals surface area contributed by atoms with E-state index in [1.54, 1.807) is 0 Å². The molecule has 1 aromatic carbocycles. The first-order chi connectivity index (χ1) is 12.7. The minimum absolute atomic E-state index is 0.0153. The number of piperidine rings is 1. The topological polar surface area (TPSA) is 67.9 Å². The quantitative estimate of drug-likeness (QED) is 0.841. The van der Waals surface area contributed by atoms with Crippen molar-refractivity contribution in [3.8, 4) is 5.75 Å². The van der Waals surface area contributed by atoms with Gasteiger partial charge in [-0.15, -0.1) is 0 Å². The molecule has 0 saturated carbocycles. The van der Waals surface area contributed by atoms with E-state index in [2.05, 4.69) is 5.32 Å². The molecule has 2 amide bonds. The third kappa shape index (κ3) is 5.46. The zero-order valence-corrected chi connectivity index (χ0v) is 15.2. The van der Waals surface area contributed by atoms with Crippen molar-refractivity contribution in [2.75, 3.05) is 39.5 Å². The highest BCUT2D eigenvalue weighted by molar-refractivity contribution is 5.79. The molecule has 2 heterocycles. The second kappa shape index (κ2) is 9.57. The Balaban J connectivity index is 1.39. The van der Waals surface area contributed by atoms with Gasteiger partial charge in [0.15, 0.2) is 6.61 Å². The fourth-order valence-electron chi connectivity index (χ4n) is 3.61. The summed E-state index contributed by atoms with van der Waals surface area (Å²) in [6, 6.07) is 9.31. The molecule has 2 aliphatic rings. The highest BCUT2D eigenvalue weighted by Crippen LogP contribution is 2.22. The number of carbonyl (C=O) groups excluding carboxylic acids is 2. The van der Waals surface area contributed by atoms with E-state index in [9.17, 15) is 9.59 Å². The third-order valence-corrected chi connectivity index (χ3v) is 5.10. The summed E-state index contributed by atoms with van der Waals surface area (Å²) in [6.45, 7) is 3.54. The van der Waals surface area contributed by atoms with Crippen molar-refractivity contribution in [3.63, 3.8) is 0 Å². The summed E-state index contributed by atoms with van der Waals surface area (Å²) in [5, 5.41) is 2.94. The van der Waals surface area contributed by atoms with Crippen LogP contribution in [0.25, 0.3) is 0 Å². The Bertz CT molecular complexity index is 587. The average Bonchev–Trinajstić information content (AvgIpc) is 2.72. The monoisotopic (exact) mass is 360 g/mol. The summed E-state index contributed by atoms with van der Waals surface area (Å²) >= 11 is 0. The second-order valence-corrected chi connectivity index (χ2v) is 7.08. The van der Waals surface area contributed by atoms with Gasteiger partial charge in [0.25, 0.3) is 5.91 Å². The van der Waals surface area contributed by atoms with E-state index in [0.717, 1.165) is 38.8 Å². The number of likely N-dealkylation sites (tertiary alicyclic amines) is 1. The van der Waals surface area contributed by atoms with Crippen LogP contribution in [0.4, 0.5) is 0 Å². The molecule has 0 spiro atoms. The first kappa shape index (κ1) is 18.7. The maximum atomic E-state index is 12.7. The van der Waals surface area contributed by atoms with Gasteiger partial charge in [-0.3, -0.25) is 9.59 Å². The van der Waals surface area contributed by atoms with Gasteiger partial charge in [-0.2, -0.15) is 0 Å². The standard InChI is InChI=1S/C20H28N2O4/c23-19(15-26-18-6-2-1-3-7-18)21-13-16-5-4-10-22(14-16)20(24)17-8-11-25-12-9-17/h1-3,6-7,16-17H,4-5,8-15H2,(H,21,23). The average molecular weight is 360 g/mol. The number of nitrogens with zero attached hydrogens (tertiary/aromatic N) is 1. The number of ether oxygens (including phenoxy) is 2. The molecule has 3 rings (SSSR count). The third-order valence-electron chi connectivity index (χ3n) is 5.10. The molecule has 1 N–H and O–H groups in total. The van der Waals surface area contributed by atoms with Crippen LogP contribution in [-0.4, -0.2) is 56.2 Å². The van der Waals surface area contributed by atoms with E-state index < -0.39 is 0 Å². The lowest BCUT2D eigenvalue weighted by Gasteiger charge is -2.36. The lowest BCUT2D eigenvalue weighted by Crippen LogP contribution is -2.47. The molecular formula is C20H28N2O4. The molecule has 0 aliphatic carbocycles. The van der Waals surface area contributed by atoms with E-state index in [1.165, 1.54) is 0 Å². The van der Waals surface area contributed by atoms with Crippen molar-refractivity contribution >= 4 is 11.8 Å². The number of hydrogen-bond donors (Lipinski definition) is 1. The highest BCUT2D eigenvalue weighted by Gasteiger charge is 2.30. The zero-order chi connectivity index (χ0) is 18.2. The van der Waals surface area contributed by atoms with Crippen LogP contribution >= 0.6 is 0 Å². The summed E-state index contributed by atoms with van der Waals surface area (Å²) < 4.78 is 10.8. The van der Waals surface area contributed by atoms with Gasteiger partial charge in [0, 0.05) is 38.8 Å². The molecule has 26 heavy (non-hydrogen) atoms. The number of para-hydroxylation sites is 1. The zero-order valence-electron chi connectivity index (χ0n) is 15.2. The molecule has 0 bridgehead atoms. The number of benzene rings is 1. The molecule has 2 saturated heterocycles. The van der Waals surface area contributed by atoms with Gasteiger partial charge in [0.2, 0.25) is 5.91 Å². The van der Waals surface area contributed by atoms with Crippen LogP contribution in [-0.2, 0) is 14.3 Å². The Morgan fingerprint density at radius 2 is 1.92 bits per heavy atom. The summed E-state index contributed by atoms with van der Waals surface area (Å²) in [6.07, 6.45) is 3.69. The minimum Gasteiger partial charge on any atom is -0.484 e. The Hall–Kier alpha value is -2.08. The molecule has 2 fully saturated rings. The normalized spacial score (nSPS) is 21.2. The van der Waals surface area contributed by atoms with E-state index >= 15 is 0 Å². The Kier molecular flexibility index (Phi) is 6.89. The van der Waals surface area contributed by atoms with Crippen molar-refractivity contribution in [2.24, 2.45) is 11.8 Å². The number of rotatable bonds is 6. The number of nitrogens with one attached hydrogen (secondary N) is 1. The molecule has 6 heteroatoms. The van der Waals surface area contributed by atoms with Gasteiger partial charge >= 0.3 is 0 Å². The second-order valence-electron chi connectivity index (χ2n) is 7.08. The summed E-state index contributed by atoms with van der Waals surface area (Å²) in [7, 11) is 0. The van der Waals surface area contributed by atoms with E-state index in [1.807, 2.05) is 35.2 Å². The van der Waals surface area contributed by atoms with Gasteiger partial charge in [-0.05, 0) is 43.7 Å². The van der Waals surface area contributed by atoms with Crippen LogP contribution in [0.5, 0.6) is 5.75 Å². The van der Waals surface area contributed by atoms with Crippen LogP contribution in [0, 0.1) is 11.8 Å². The van der Waals surface area contributed by atoms with Gasteiger partial charge in [-0.1, -0.05) is 18.2 Å². The highest BCUT2D eigenvalue weighted by atomic mass is 16.5. The fourth-order valence-corrected chi connectivity index (χ4v) is 3.61. The molecule has 6 nitrogen and oxygen atoms in total. The number of amides is 2. The minimum atomic E-state index is -0.123. The molecule has 1 atom stereocenters. The molecule has 2 aliphatic heterocycles. The predicted octanol–water partition coefficient (Wildman–Crippen LogP) is 1.85. The molecule has 142 valence electrons. The van der Waals surface area contributed by atoms with Gasteiger partial charge in [0.05, 0.1) is 0 Å². The fraction of sp³-hybridized carbons (Fsp3) is 0.600. The molecule has 0 radical (unpaired) electrons. The first-order valence-electron chi connectivity index (χ1n) is 9.53. The Morgan fingerprint density at radius 1 is 1.15 bits per heavy atom. The van der Waals surface area contributed by atoms with Crippen molar-refractivity contribution in [2.45, 2.75) is 25.7 Å². The SMILES string of the molecule is O=C(COc1ccccc1)NCC1CCCN(C(=O)C2CCOCC2)C1. The molecule has 1 aromatic rings. The van der Waals surface area contributed by atoms with Crippen LogP contribution in [0.3, 0.4) is 0 Å². The summed E-state index contributed by atoms with van der Waals surface area (Å²) in [5.74, 6) is 1.25. The smallest absolute Gasteiger partial charge is 0.257 e. The van der Waals surface area contributed by atoms with E-state index in [4.69, 9.17) is 9.47 Å². The van der Waals surface area contributed by atoms with Crippen LogP contribution in [0.15, 0.2) is 30.3 Å². The molecule has 1 unspecified atom stereocenters.